The number of allylic oxidation sites excluding steroid dienone is 6. The number of carbonyl (C=O) groups is 3. The Morgan fingerprint density at radius 1 is 0.593 bits per heavy atom. The van der Waals surface area contributed by atoms with E-state index in [1.807, 2.05) is 0 Å². The minimum absolute atomic E-state index is 0.181. The molecule has 0 amide bonds. The number of unbranched alkanes of at least 4 members (excludes halogenated alkanes) is 17. The number of aliphatic carboxylic acids is 1. The van der Waals surface area contributed by atoms with E-state index in [1.165, 1.54) is 57.8 Å². The van der Waals surface area contributed by atoms with E-state index in [9.17, 15) is 34.8 Å². The van der Waals surface area contributed by atoms with Crippen LogP contribution in [0, 0.1) is 0 Å². The van der Waals surface area contributed by atoms with Crippen molar-refractivity contribution in [1.29, 1.82) is 0 Å². The fraction of sp³-hybridized carbons (Fsp3) is 0.791. The van der Waals surface area contributed by atoms with Crippen molar-refractivity contribution < 1.29 is 53.8 Å². The predicted octanol–water partition coefficient (Wildman–Crippen LogP) is 8.42. The molecule has 4 N–H and O–H groups in total. The molecule has 0 aromatic heterocycles. The number of hydrogen-bond acceptors (Lipinski definition) is 10. The second-order valence-corrected chi connectivity index (χ2v) is 14.5. The van der Waals surface area contributed by atoms with E-state index < -0.39 is 61.3 Å². The number of carboxylic acids is 1. The third-order valence-electron chi connectivity index (χ3n) is 9.50. The van der Waals surface area contributed by atoms with Crippen molar-refractivity contribution >= 4 is 17.9 Å². The Morgan fingerprint density at radius 3 is 1.65 bits per heavy atom. The number of aliphatic hydroxyl groups excluding tert-OH is 3. The summed E-state index contributed by atoms with van der Waals surface area (Å²) in [6, 6.07) is 0. The van der Waals surface area contributed by atoms with E-state index in [2.05, 4.69) is 50.3 Å². The molecule has 0 aromatic rings. The van der Waals surface area contributed by atoms with Crippen LogP contribution < -0.4 is 0 Å². The van der Waals surface area contributed by atoms with Crippen molar-refractivity contribution in [3.05, 3.63) is 36.5 Å². The van der Waals surface area contributed by atoms with Gasteiger partial charge in [-0.25, -0.2) is 4.79 Å². The molecule has 0 spiro atoms. The van der Waals surface area contributed by atoms with Crippen LogP contribution in [-0.4, -0.2) is 88.4 Å². The van der Waals surface area contributed by atoms with Crippen molar-refractivity contribution in [3.63, 3.8) is 0 Å². The first-order chi connectivity index (χ1) is 26.2. The number of carboxylic acid groups (broad SMARTS) is 1. The molecule has 0 aliphatic carbocycles. The van der Waals surface area contributed by atoms with Gasteiger partial charge in [-0.2, -0.15) is 0 Å². The fourth-order valence-corrected chi connectivity index (χ4v) is 6.19. The van der Waals surface area contributed by atoms with Crippen LogP contribution in [0.5, 0.6) is 0 Å². The number of aliphatic hydroxyl groups is 3. The number of carbonyl (C=O) groups excluding carboxylic acids is 2. The average molecular weight is 767 g/mol. The Hall–Kier alpha value is -2.57. The Balaban J connectivity index is 2.41. The molecule has 0 radical (unpaired) electrons. The fourth-order valence-electron chi connectivity index (χ4n) is 6.19. The standard InChI is InChI=1S/C43H74O11/c1-3-5-7-9-11-13-15-17-18-20-21-23-25-27-29-31-36(44)51-33-35(34-52-43-40(48)38(46)39(47)41(54-43)42(49)50)53-37(45)32-30-28-26-24-22-19-16-14-12-10-8-6-4-2/h5,7,11,13,17-18,35,38-41,43,46-48H,3-4,6,8-10,12,14-16,19-34H2,1-2H3,(H,49,50)/b7-5-,13-11-,18-17-/t35-,38+,39+,40-,41+,43+/m1/s1. The van der Waals surface area contributed by atoms with Gasteiger partial charge in [0.1, 0.15) is 24.9 Å². The summed E-state index contributed by atoms with van der Waals surface area (Å²) >= 11 is 0. The van der Waals surface area contributed by atoms with Gasteiger partial charge < -0.3 is 39.4 Å². The lowest BCUT2D eigenvalue weighted by Crippen LogP contribution is -2.60. The van der Waals surface area contributed by atoms with Crippen LogP contribution in [0.4, 0.5) is 0 Å². The van der Waals surface area contributed by atoms with Gasteiger partial charge in [-0.1, -0.05) is 147 Å². The van der Waals surface area contributed by atoms with E-state index in [0.717, 1.165) is 70.6 Å². The van der Waals surface area contributed by atoms with Gasteiger partial charge >= 0.3 is 17.9 Å². The molecule has 11 nitrogen and oxygen atoms in total. The van der Waals surface area contributed by atoms with Crippen LogP contribution in [0.2, 0.25) is 0 Å². The summed E-state index contributed by atoms with van der Waals surface area (Å²) in [6.07, 6.45) is 27.7. The lowest BCUT2D eigenvalue weighted by molar-refractivity contribution is -0.298. The second kappa shape index (κ2) is 33.7. The van der Waals surface area contributed by atoms with Gasteiger partial charge in [0, 0.05) is 12.8 Å². The highest BCUT2D eigenvalue weighted by Gasteiger charge is 2.47. The summed E-state index contributed by atoms with van der Waals surface area (Å²) in [7, 11) is 0. The van der Waals surface area contributed by atoms with Gasteiger partial charge in [0.25, 0.3) is 0 Å². The van der Waals surface area contributed by atoms with Crippen LogP contribution in [0.1, 0.15) is 168 Å². The normalized spacial score (nSPS) is 20.9. The molecule has 1 fully saturated rings. The van der Waals surface area contributed by atoms with Crippen LogP contribution in [0.3, 0.4) is 0 Å². The topological polar surface area (TPSA) is 169 Å². The van der Waals surface area contributed by atoms with Crippen LogP contribution >= 0.6 is 0 Å². The van der Waals surface area contributed by atoms with E-state index in [4.69, 9.17) is 18.9 Å². The number of hydrogen-bond donors (Lipinski definition) is 4. The first-order valence-electron chi connectivity index (χ1n) is 21.0. The van der Waals surface area contributed by atoms with Crippen molar-refractivity contribution in [1.82, 2.24) is 0 Å². The maximum atomic E-state index is 12.7. The highest BCUT2D eigenvalue weighted by Crippen LogP contribution is 2.23. The molecule has 6 atom stereocenters. The Bertz CT molecular complexity index is 1040. The minimum Gasteiger partial charge on any atom is -0.479 e. The molecular formula is C43H74O11. The molecule has 1 aliphatic heterocycles. The van der Waals surface area contributed by atoms with Gasteiger partial charge in [0.05, 0.1) is 6.61 Å². The van der Waals surface area contributed by atoms with E-state index in [0.29, 0.717) is 12.8 Å². The van der Waals surface area contributed by atoms with Crippen molar-refractivity contribution in [2.45, 2.75) is 205 Å². The van der Waals surface area contributed by atoms with E-state index in [1.54, 1.807) is 0 Å². The molecule has 0 unspecified atom stereocenters. The summed E-state index contributed by atoms with van der Waals surface area (Å²) < 4.78 is 21.7. The molecule has 312 valence electrons. The summed E-state index contributed by atoms with van der Waals surface area (Å²) in [6.45, 7) is 3.67. The maximum absolute atomic E-state index is 12.7. The quantitative estimate of drug-likeness (QED) is 0.0282. The summed E-state index contributed by atoms with van der Waals surface area (Å²) in [4.78, 5) is 36.7. The first-order valence-corrected chi connectivity index (χ1v) is 21.0. The highest BCUT2D eigenvalue weighted by molar-refractivity contribution is 5.73. The number of ether oxygens (including phenoxy) is 4. The second-order valence-electron chi connectivity index (χ2n) is 14.5. The average Bonchev–Trinajstić information content (AvgIpc) is 3.15. The zero-order valence-corrected chi connectivity index (χ0v) is 33.5. The predicted molar refractivity (Wildman–Crippen MR) is 211 cm³/mol. The first kappa shape index (κ1) is 49.4. The lowest BCUT2D eigenvalue weighted by Gasteiger charge is -2.38. The zero-order chi connectivity index (χ0) is 39.7. The largest absolute Gasteiger partial charge is 0.479 e. The summed E-state index contributed by atoms with van der Waals surface area (Å²) in [5.41, 5.74) is 0. The van der Waals surface area contributed by atoms with E-state index >= 15 is 0 Å². The van der Waals surface area contributed by atoms with Crippen molar-refractivity contribution in [3.8, 4) is 0 Å². The van der Waals surface area contributed by atoms with Gasteiger partial charge in [0.15, 0.2) is 18.5 Å². The van der Waals surface area contributed by atoms with Crippen LogP contribution in [0.15, 0.2) is 36.5 Å². The third-order valence-corrected chi connectivity index (χ3v) is 9.50. The molecule has 0 bridgehead atoms. The van der Waals surface area contributed by atoms with Gasteiger partial charge in [-0.15, -0.1) is 0 Å². The SMILES string of the molecule is CC/C=C\C/C=C\C/C=C\CCCCCCCC(=O)OC[C@H](CO[C@H]1O[C@H](C(=O)O)[C@@H](O)[C@H](O)[C@H]1O)OC(=O)CCCCCCCCCCCCCCC. The molecule has 11 heteroatoms. The van der Waals surface area contributed by atoms with Gasteiger partial charge in [0.2, 0.25) is 0 Å². The van der Waals surface area contributed by atoms with Gasteiger partial charge in [-0.05, 0) is 44.9 Å². The van der Waals surface area contributed by atoms with Gasteiger partial charge in [-0.3, -0.25) is 9.59 Å². The van der Waals surface area contributed by atoms with Crippen molar-refractivity contribution in [2.75, 3.05) is 13.2 Å². The third kappa shape index (κ3) is 25.5. The number of esters is 2. The summed E-state index contributed by atoms with van der Waals surface area (Å²) in [5.74, 6) is -2.46. The molecule has 54 heavy (non-hydrogen) atoms. The number of rotatable bonds is 34. The Labute approximate surface area is 325 Å². The molecule has 1 saturated heterocycles. The monoisotopic (exact) mass is 767 g/mol. The van der Waals surface area contributed by atoms with Crippen LogP contribution in [-0.2, 0) is 33.3 Å². The molecule has 0 saturated carbocycles. The summed E-state index contributed by atoms with van der Waals surface area (Å²) in [5, 5.41) is 39.7. The Kier molecular flexibility index (Phi) is 30.9. The molecule has 1 heterocycles. The maximum Gasteiger partial charge on any atom is 0.335 e. The smallest absolute Gasteiger partial charge is 0.335 e. The molecule has 0 aromatic carbocycles. The zero-order valence-electron chi connectivity index (χ0n) is 33.5. The Morgan fingerprint density at radius 2 is 1.09 bits per heavy atom. The van der Waals surface area contributed by atoms with Crippen molar-refractivity contribution in [2.24, 2.45) is 0 Å². The molecule has 1 aliphatic rings. The molecule has 1 rings (SSSR count). The lowest BCUT2D eigenvalue weighted by atomic mass is 9.99. The minimum atomic E-state index is -1.86. The van der Waals surface area contributed by atoms with Crippen LogP contribution in [0.25, 0.3) is 0 Å². The van der Waals surface area contributed by atoms with E-state index in [-0.39, 0.29) is 19.4 Å². The molecular weight excluding hydrogens is 692 g/mol. The highest BCUT2D eigenvalue weighted by atomic mass is 16.7.